The second-order valence-electron chi connectivity index (χ2n) is 4.18. The van der Waals surface area contributed by atoms with Crippen molar-refractivity contribution in [1.82, 2.24) is 9.97 Å². The summed E-state index contributed by atoms with van der Waals surface area (Å²) in [5, 5.41) is 0. The van der Waals surface area contributed by atoms with Crippen molar-refractivity contribution >= 4 is 22.6 Å². The van der Waals surface area contributed by atoms with Crippen LogP contribution in [-0.2, 0) is 0 Å². The van der Waals surface area contributed by atoms with E-state index in [9.17, 15) is 4.79 Å². The van der Waals surface area contributed by atoms with E-state index in [1.54, 1.807) is 6.20 Å². The maximum atomic E-state index is 11.6. The van der Waals surface area contributed by atoms with Gasteiger partial charge in [-0.3, -0.25) is 4.79 Å². The van der Waals surface area contributed by atoms with E-state index in [0.29, 0.717) is 9.39 Å². The Balaban J connectivity index is 2.68. The fourth-order valence-corrected chi connectivity index (χ4v) is 2.33. The number of H-pyrrole nitrogens is 1. The monoisotopic (exact) mass is 340 g/mol. The molecule has 4 heteroatoms. The molecule has 1 heterocycles. The van der Waals surface area contributed by atoms with Crippen LogP contribution in [0.2, 0.25) is 0 Å². The minimum atomic E-state index is -0.0880. The lowest BCUT2D eigenvalue weighted by molar-refractivity contribution is 1.09. The highest BCUT2D eigenvalue weighted by Gasteiger charge is 2.09. The van der Waals surface area contributed by atoms with E-state index in [-0.39, 0.29) is 5.56 Å². The highest BCUT2D eigenvalue weighted by Crippen LogP contribution is 2.24. The Hall–Kier alpha value is -1.17. The van der Waals surface area contributed by atoms with E-state index in [1.165, 1.54) is 5.56 Å². The summed E-state index contributed by atoms with van der Waals surface area (Å²) < 4.78 is 0.605. The fourth-order valence-electron chi connectivity index (χ4n) is 2.06. The van der Waals surface area contributed by atoms with Crippen molar-refractivity contribution in [3.05, 3.63) is 48.9 Å². The maximum absolute atomic E-state index is 11.6. The van der Waals surface area contributed by atoms with E-state index in [2.05, 4.69) is 29.0 Å². The molecule has 0 fully saturated rings. The second kappa shape index (κ2) is 4.60. The molecule has 0 aliphatic carbocycles. The van der Waals surface area contributed by atoms with Gasteiger partial charge in [-0.1, -0.05) is 17.7 Å². The van der Waals surface area contributed by atoms with Crippen molar-refractivity contribution < 1.29 is 0 Å². The molecule has 3 nitrogen and oxygen atoms in total. The summed E-state index contributed by atoms with van der Waals surface area (Å²) >= 11 is 1.98. The SMILES string of the molecule is Cc1cc(C)c(-c2ncc(I)c(=O)[nH]2)c(C)c1. The number of aryl methyl sites for hydroxylation is 3. The molecule has 0 atom stereocenters. The number of aromatic amines is 1. The Labute approximate surface area is 113 Å². The van der Waals surface area contributed by atoms with Crippen molar-refractivity contribution in [3.63, 3.8) is 0 Å². The van der Waals surface area contributed by atoms with E-state index in [1.807, 2.05) is 36.4 Å². The summed E-state index contributed by atoms with van der Waals surface area (Å²) in [6.45, 7) is 6.13. The van der Waals surface area contributed by atoms with Crippen LogP contribution in [0.15, 0.2) is 23.1 Å². The number of rotatable bonds is 1. The van der Waals surface area contributed by atoms with Gasteiger partial charge in [0.2, 0.25) is 0 Å². The van der Waals surface area contributed by atoms with E-state index < -0.39 is 0 Å². The lowest BCUT2D eigenvalue weighted by atomic mass is 9.99. The maximum Gasteiger partial charge on any atom is 0.264 e. The van der Waals surface area contributed by atoms with Crippen LogP contribution in [0.25, 0.3) is 11.4 Å². The van der Waals surface area contributed by atoms with Gasteiger partial charge in [0, 0.05) is 11.8 Å². The normalized spacial score (nSPS) is 10.6. The van der Waals surface area contributed by atoms with E-state index in [0.717, 1.165) is 16.7 Å². The van der Waals surface area contributed by atoms with Gasteiger partial charge >= 0.3 is 0 Å². The van der Waals surface area contributed by atoms with Gasteiger partial charge in [-0.15, -0.1) is 0 Å². The molecule has 2 rings (SSSR count). The number of aromatic nitrogens is 2. The molecule has 88 valence electrons. The average Bonchev–Trinajstić information content (AvgIpc) is 2.21. The largest absolute Gasteiger partial charge is 0.306 e. The quantitative estimate of drug-likeness (QED) is 0.812. The predicted octanol–water partition coefficient (Wildman–Crippen LogP) is 2.97. The Bertz CT molecular complexity index is 609. The van der Waals surface area contributed by atoms with Crippen LogP contribution >= 0.6 is 22.6 Å². The van der Waals surface area contributed by atoms with Gasteiger partial charge in [-0.05, 0) is 54.5 Å². The van der Waals surface area contributed by atoms with Gasteiger partial charge in [-0.2, -0.15) is 0 Å². The number of halogens is 1. The molecular formula is C13H13IN2O. The third kappa shape index (κ3) is 2.41. The van der Waals surface area contributed by atoms with Gasteiger partial charge in [-0.25, -0.2) is 4.98 Å². The molecule has 0 unspecified atom stereocenters. The Kier molecular flexibility index (Phi) is 3.33. The zero-order chi connectivity index (χ0) is 12.6. The molecule has 0 aliphatic rings. The van der Waals surface area contributed by atoms with Crippen molar-refractivity contribution in [1.29, 1.82) is 0 Å². The third-order valence-electron chi connectivity index (χ3n) is 2.67. The summed E-state index contributed by atoms with van der Waals surface area (Å²) in [5.74, 6) is 0.644. The Morgan fingerprint density at radius 1 is 1.18 bits per heavy atom. The Morgan fingerprint density at radius 3 is 2.29 bits per heavy atom. The van der Waals surface area contributed by atoms with E-state index >= 15 is 0 Å². The number of benzene rings is 1. The van der Waals surface area contributed by atoms with Gasteiger partial charge < -0.3 is 4.98 Å². The minimum absolute atomic E-state index is 0.0880. The number of hydrogen-bond donors (Lipinski definition) is 1. The molecule has 1 aromatic carbocycles. The summed E-state index contributed by atoms with van der Waals surface area (Å²) in [6.07, 6.45) is 1.60. The third-order valence-corrected chi connectivity index (χ3v) is 3.44. The zero-order valence-corrected chi connectivity index (χ0v) is 12.1. The predicted molar refractivity (Wildman–Crippen MR) is 77.2 cm³/mol. The van der Waals surface area contributed by atoms with Crippen LogP contribution in [-0.4, -0.2) is 9.97 Å². The second-order valence-corrected chi connectivity index (χ2v) is 5.34. The van der Waals surface area contributed by atoms with Crippen LogP contribution in [0.4, 0.5) is 0 Å². The first kappa shape index (κ1) is 12.3. The topological polar surface area (TPSA) is 45.8 Å². The molecule has 0 aliphatic heterocycles. The molecule has 17 heavy (non-hydrogen) atoms. The Morgan fingerprint density at radius 2 is 1.76 bits per heavy atom. The molecule has 1 N–H and O–H groups in total. The molecular weight excluding hydrogens is 327 g/mol. The minimum Gasteiger partial charge on any atom is -0.306 e. The van der Waals surface area contributed by atoms with Crippen LogP contribution in [0.3, 0.4) is 0 Å². The first-order valence-electron chi connectivity index (χ1n) is 5.32. The van der Waals surface area contributed by atoms with Gasteiger partial charge in [0.15, 0.2) is 0 Å². The molecule has 0 saturated heterocycles. The molecule has 0 bridgehead atoms. The summed E-state index contributed by atoms with van der Waals surface area (Å²) in [4.78, 5) is 18.7. The standard InChI is InChI=1S/C13H13IN2O/c1-7-4-8(2)11(9(3)5-7)12-15-6-10(14)13(17)16-12/h4-6H,1-3H3,(H,15,16,17). The summed E-state index contributed by atoms with van der Waals surface area (Å²) in [5.41, 5.74) is 4.41. The summed E-state index contributed by atoms with van der Waals surface area (Å²) in [6, 6.07) is 4.20. The molecule has 0 saturated carbocycles. The average molecular weight is 340 g/mol. The number of hydrogen-bond acceptors (Lipinski definition) is 2. The van der Waals surface area contributed by atoms with Gasteiger partial charge in [0.1, 0.15) is 5.82 Å². The highest BCUT2D eigenvalue weighted by atomic mass is 127. The lowest BCUT2D eigenvalue weighted by Gasteiger charge is -2.10. The highest BCUT2D eigenvalue weighted by molar-refractivity contribution is 14.1. The molecule has 1 aromatic heterocycles. The van der Waals surface area contributed by atoms with Crippen molar-refractivity contribution in [2.24, 2.45) is 0 Å². The lowest BCUT2D eigenvalue weighted by Crippen LogP contribution is -2.12. The molecule has 0 amide bonds. The van der Waals surface area contributed by atoms with Crippen molar-refractivity contribution in [2.75, 3.05) is 0 Å². The van der Waals surface area contributed by atoms with Crippen LogP contribution < -0.4 is 5.56 Å². The smallest absolute Gasteiger partial charge is 0.264 e. The summed E-state index contributed by atoms with van der Waals surface area (Å²) in [7, 11) is 0. The fraction of sp³-hybridized carbons (Fsp3) is 0.231. The zero-order valence-electron chi connectivity index (χ0n) is 9.97. The van der Waals surface area contributed by atoms with E-state index in [4.69, 9.17) is 0 Å². The van der Waals surface area contributed by atoms with Crippen molar-refractivity contribution in [2.45, 2.75) is 20.8 Å². The molecule has 2 aromatic rings. The van der Waals surface area contributed by atoms with Gasteiger partial charge in [0.05, 0.1) is 3.57 Å². The molecule has 0 radical (unpaired) electrons. The van der Waals surface area contributed by atoms with Crippen LogP contribution in [0, 0.1) is 24.3 Å². The van der Waals surface area contributed by atoms with Crippen LogP contribution in [0.5, 0.6) is 0 Å². The van der Waals surface area contributed by atoms with Gasteiger partial charge in [0.25, 0.3) is 5.56 Å². The first-order valence-corrected chi connectivity index (χ1v) is 6.40. The number of nitrogens with one attached hydrogen (secondary N) is 1. The van der Waals surface area contributed by atoms with Crippen molar-refractivity contribution in [3.8, 4) is 11.4 Å². The number of nitrogens with zero attached hydrogens (tertiary/aromatic N) is 1. The first-order chi connectivity index (χ1) is 7.99. The molecule has 0 spiro atoms. The van der Waals surface area contributed by atoms with Crippen LogP contribution in [0.1, 0.15) is 16.7 Å².